The Labute approximate surface area is 121 Å². The topological polar surface area (TPSA) is 20.3 Å². The Bertz CT molecular complexity index is 563. The lowest BCUT2D eigenvalue weighted by Crippen LogP contribution is -2.25. The maximum Gasteiger partial charge on any atom is 0.271 e. The molecule has 0 N–H and O–H groups in total. The average molecular weight is 300 g/mol. The second-order valence-electron chi connectivity index (χ2n) is 4.17. The van der Waals surface area contributed by atoms with E-state index in [-0.39, 0.29) is 21.8 Å². The van der Waals surface area contributed by atoms with Crippen LogP contribution in [0, 0.1) is 5.82 Å². The largest absolute Gasteiger partial charge is 0.306 e. The molecule has 0 fully saturated rings. The Balaban J connectivity index is 2.40. The number of halogens is 3. The summed E-state index contributed by atoms with van der Waals surface area (Å²) in [6.45, 7) is 2.50. The minimum absolute atomic E-state index is 0.0310. The first-order chi connectivity index (χ1) is 9.04. The maximum absolute atomic E-state index is 12.9. The highest BCUT2D eigenvalue weighted by Crippen LogP contribution is 2.35. The Morgan fingerprint density at radius 3 is 2.42 bits per heavy atom. The molecule has 0 spiro atoms. The van der Waals surface area contributed by atoms with Crippen molar-refractivity contribution >= 4 is 35.2 Å². The highest BCUT2D eigenvalue weighted by molar-refractivity contribution is 6.51. The number of nitrogens with zero attached hydrogens (tertiary/aromatic N) is 1. The summed E-state index contributed by atoms with van der Waals surface area (Å²) in [5, 5.41) is 0.271. The second-order valence-corrected chi connectivity index (χ2v) is 4.92. The number of carbonyl (C=O) groups is 1. The number of rotatable bonds is 3. The van der Waals surface area contributed by atoms with Gasteiger partial charge < -0.3 is 4.90 Å². The summed E-state index contributed by atoms with van der Waals surface area (Å²) in [5.41, 5.74) is 1.32. The summed E-state index contributed by atoms with van der Waals surface area (Å²) in [6, 6.07) is 5.94. The zero-order chi connectivity index (χ0) is 14.0. The molecule has 1 aromatic carbocycles. The van der Waals surface area contributed by atoms with Crippen LogP contribution in [0.2, 0.25) is 0 Å². The molecular weight excluding hydrogens is 288 g/mol. The summed E-state index contributed by atoms with van der Waals surface area (Å²) < 4.78 is 12.9. The quantitative estimate of drug-likeness (QED) is 0.822. The molecule has 0 atom stereocenters. The van der Waals surface area contributed by atoms with Crippen LogP contribution in [0.5, 0.6) is 0 Å². The second kappa shape index (κ2) is 5.76. The summed E-state index contributed by atoms with van der Waals surface area (Å²) in [6.07, 6.45) is 2.52. The highest BCUT2D eigenvalue weighted by Gasteiger charge is 2.32. The van der Waals surface area contributed by atoms with E-state index in [9.17, 15) is 9.18 Å². The zero-order valence-corrected chi connectivity index (χ0v) is 11.8. The molecule has 0 aromatic heterocycles. The molecule has 0 saturated carbocycles. The summed E-state index contributed by atoms with van der Waals surface area (Å²) >= 11 is 12.0. The number of carbonyl (C=O) groups excluding carboxylic acids is 1. The van der Waals surface area contributed by atoms with Crippen molar-refractivity contribution in [2.45, 2.75) is 13.3 Å². The normalized spacial score (nSPS) is 17.8. The van der Waals surface area contributed by atoms with Crippen LogP contribution in [0.25, 0.3) is 6.08 Å². The molecule has 5 heteroatoms. The Kier molecular flexibility index (Phi) is 4.27. The standard InChI is InChI=1S/C14H12Cl2FNO/c1-2-7-18-11(12(15)13(16)14(18)19)8-9-3-5-10(17)6-4-9/h3-6,8H,2,7H2,1H3/b11-8+. The van der Waals surface area contributed by atoms with Gasteiger partial charge in [-0.3, -0.25) is 4.79 Å². The zero-order valence-electron chi connectivity index (χ0n) is 10.3. The van der Waals surface area contributed by atoms with Gasteiger partial charge in [0.1, 0.15) is 10.8 Å². The van der Waals surface area contributed by atoms with Gasteiger partial charge in [0.05, 0.1) is 10.7 Å². The van der Waals surface area contributed by atoms with Crippen molar-refractivity contribution in [2.24, 2.45) is 0 Å². The van der Waals surface area contributed by atoms with Gasteiger partial charge in [-0.05, 0) is 30.2 Å². The predicted molar refractivity (Wildman–Crippen MR) is 75.1 cm³/mol. The Morgan fingerprint density at radius 2 is 1.84 bits per heavy atom. The van der Waals surface area contributed by atoms with Crippen LogP contribution in [0.4, 0.5) is 4.39 Å². The van der Waals surface area contributed by atoms with Crippen LogP contribution in [0.3, 0.4) is 0 Å². The molecule has 0 aliphatic carbocycles. The van der Waals surface area contributed by atoms with Crippen molar-refractivity contribution in [2.75, 3.05) is 6.54 Å². The molecule has 0 unspecified atom stereocenters. The molecule has 0 bridgehead atoms. The van der Waals surface area contributed by atoms with Crippen molar-refractivity contribution in [3.8, 4) is 0 Å². The van der Waals surface area contributed by atoms with E-state index < -0.39 is 0 Å². The van der Waals surface area contributed by atoms with Gasteiger partial charge in [0, 0.05) is 6.54 Å². The molecule has 100 valence electrons. The third kappa shape index (κ3) is 2.82. The Hall–Kier alpha value is -1.32. The lowest BCUT2D eigenvalue weighted by molar-refractivity contribution is -0.123. The van der Waals surface area contributed by atoms with Crippen LogP contribution in [0.15, 0.2) is 40.0 Å². The van der Waals surface area contributed by atoms with E-state index in [0.29, 0.717) is 12.2 Å². The lowest BCUT2D eigenvalue weighted by Gasteiger charge is -2.17. The molecule has 1 aromatic rings. The van der Waals surface area contributed by atoms with E-state index in [2.05, 4.69) is 0 Å². The van der Waals surface area contributed by atoms with Gasteiger partial charge >= 0.3 is 0 Å². The Morgan fingerprint density at radius 1 is 1.21 bits per heavy atom. The fraction of sp³-hybridized carbons (Fsp3) is 0.214. The minimum atomic E-state index is -0.310. The first-order valence-electron chi connectivity index (χ1n) is 5.89. The van der Waals surface area contributed by atoms with Gasteiger partial charge in [0.15, 0.2) is 0 Å². The highest BCUT2D eigenvalue weighted by atomic mass is 35.5. The lowest BCUT2D eigenvalue weighted by atomic mass is 10.2. The van der Waals surface area contributed by atoms with Gasteiger partial charge in [-0.1, -0.05) is 42.3 Å². The summed E-state index contributed by atoms with van der Waals surface area (Å²) in [5.74, 6) is -0.600. The van der Waals surface area contributed by atoms with E-state index in [0.717, 1.165) is 12.0 Å². The number of benzene rings is 1. The van der Waals surface area contributed by atoms with Crippen molar-refractivity contribution in [1.29, 1.82) is 0 Å². The van der Waals surface area contributed by atoms with E-state index >= 15 is 0 Å². The van der Waals surface area contributed by atoms with Gasteiger partial charge in [-0.15, -0.1) is 0 Å². The summed E-state index contributed by atoms with van der Waals surface area (Å²) in [7, 11) is 0. The SMILES string of the molecule is CCCN1C(=O)C(Cl)=C(Cl)/C1=C\c1ccc(F)cc1. The molecule has 1 aliphatic rings. The van der Waals surface area contributed by atoms with E-state index in [4.69, 9.17) is 23.2 Å². The van der Waals surface area contributed by atoms with E-state index in [1.807, 2.05) is 6.92 Å². The fourth-order valence-corrected chi connectivity index (χ4v) is 2.29. The first kappa shape index (κ1) is 14.1. The van der Waals surface area contributed by atoms with Crippen LogP contribution in [0.1, 0.15) is 18.9 Å². The summed E-state index contributed by atoms with van der Waals surface area (Å²) in [4.78, 5) is 13.4. The molecule has 0 radical (unpaired) electrons. The molecule has 1 amide bonds. The van der Waals surface area contributed by atoms with Crippen LogP contribution in [-0.4, -0.2) is 17.4 Å². The maximum atomic E-state index is 12.9. The van der Waals surface area contributed by atoms with E-state index in [1.54, 1.807) is 18.2 Å². The van der Waals surface area contributed by atoms with Gasteiger partial charge in [-0.25, -0.2) is 4.39 Å². The van der Waals surface area contributed by atoms with Crippen molar-refractivity contribution < 1.29 is 9.18 Å². The molecular formula is C14H12Cl2FNO. The smallest absolute Gasteiger partial charge is 0.271 e. The van der Waals surface area contributed by atoms with Gasteiger partial charge in [0.2, 0.25) is 0 Å². The van der Waals surface area contributed by atoms with Crippen molar-refractivity contribution in [3.05, 3.63) is 51.4 Å². The molecule has 1 aliphatic heterocycles. The number of amides is 1. The van der Waals surface area contributed by atoms with Crippen molar-refractivity contribution in [3.63, 3.8) is 0 Å². The third-order valence-corrected chi connectivity index (χ3v) is 3.59. The molecule has 1 heterocycles. The van der Waals surface area contributed by atoms with Crippen molar-refractivity contribution in [1.82, 2.24) is 4.90 Å². The predicted octanol–water partition coefficient (Wildman–Crippen LogP) is 4.11. The fourth-order valence-electron chi connectivity index (χ4n) is 1.86. The van der Waals surface area contributed by atoms with Gasteiger partial charge in [0.25, 0.3) is 5.91 Å². The molecule has 19 heavy (non-hydrogen) atoms. The average Bonchev–Trinajstić information content (AvgIpc) is 2.59. The third-order valence-electron chi connectivity index (χ3n) is 2.76. The van der Waals surface area contributed by atoms with Crippen LogP contribution >= 0.6 is 23.2 Å². The van der Waals surface area contributed by atoms with Crippen LogP contribution < -0.4 is 0 Å². The van der Waals surface area contributed by atoms with Gasteiger partial charge in [-0.2, -0.15) is 0 Å². The molecule has 2 rings (SSSR count). The van der Waals surface area contributed by atoms with E-state index in [1.165, 1.54) is 17.0 Å². The number of hydrogen-bond donors (Lipinski definition) is 0. The number of hydrogen-bond acceptors (Lipinski definition) is 1. The first-order valence-corrected chi connectivity index (χ1v) is 6.65. The molecule has 0 saturated heterocycles. The molecule has 2 nitrogen and oxygen atoms in total. The monoisotopic (exact) mass is 299 g/mol. The number of allylic oxidation sites excluding steroid dienone is 1. The minimum Gasteiger partial charge on any atom is -0.306 e. The van der Waals surface area contributed by atoms with Crippen LogP contribution in [-0.2, 0) is 4.79 Å².